The summed E-state index contributed by atoms with van der Waals surface area (Å²) in [6.07, 6.45) is 1.62. The molecule has 1 N–H and O–H groups in total. The van der Waals surface area contributed by atoms with E-state index in [1.165, 1.54) is 0 Å². The van der Waals surface area contributed by atoms with Crippen molar-refractivity contribution in [3.8, 4) is 6.07 Å². The predicted octanol–water partition coefficient (Wildman–Crippen LogP) is 3.46. The van der Waals surface area contributed by atoms with Crippen LogP contribution in [0.4, 0.5) is 0 Å². The molecule has 1 heterocycles. The van der Waals surface area contributed by atoms with E-state index in [-0.39, 0.29) is 6.04 Å². The van der Waals surface area contributed by atoms with Crippen LogP contribution in [0, 0.1) is 11.3 Å². The van der Waals surface area contributed by atoms with E-state index in [4.69, 9.17) is 16.9 Å². The van der Waals surface area contributed by atoms with Gasteiger partial charge in [-0.2, -0.15) is 5.26 Å². The van der Waals surface area contributed by atoms with Gasteiger partial charge in [-0.15, -0.1) is 0 Å². The van der Waals surface area contributed by atoms with Gasteiger partial charge in [0.1, 0.15) is 11.8 Å². The largest absolute Gasteiger partial charge is 0.306 e. The fourth-order valence-corrected chi connectivity index (χ4v) is 2.18. The number of hydrogen-bond acceptors (Lipinski definition) is 3. The van der Waals surface area contributed by atoms with Crippen molar-refractivity contribution in [2.45, 2.75) is 19.5 Å². The topological polar surface area (TPSA) is 48.7 Å². The molecule has 0 saturated heterocycles. The number of rotatable bonds is 4. The summed E-state index contributed by atoms with van der Waals surface area (Å²) in [7, 11) is 0. The van der Waals surface area contributed by atoms with Crippen molar-refractivity contribution in [1.29, 1.82) is 5.26 Å². The predicted molar refractivity (Wildman–Crippen MR) is 75.7 cm³/mol. The standard InChI is InChI=1S/C15H14ClN3/c1-11(13-6-2-3-7-14(13)16)19-10-12-5-4-8-18-15(12)9-17/h2-8,11,19H,10H2,1H3. The van der Waals surface area contributed by atoms with Gasteiger partial charge in [-0.3, -0.25) is 0 Å². The molecule has 0 bridgehead atoms. The maximum absolute atomic E-state index is 8.98. The molecule has 1 aromatic heterocycles. The van der Waals surface area contributed by atoms with E-state index in [0.717, 1.165) is 16.1 Å². The first-order valence-electron chi connectivity index (χ1n) is 6.04. The number of nitriles is 1. The zero-order chi connectivity index (χ0) is 13.7. The molecule has 0 radical (unpaired) electrons. The van der Waals surface area contributed by atoms with Crippen LogP contribution >= 0.6 is 11.6 Å². The van der Waals surface area contributed by atoms with Gasteiger partial charge in [-0.05, 0) is 24.6 Å². The molecule has 0 aliphatic rings. The van der Waals surface area contributed by atoms with E-state index in [2.05, 4.69) is 16.4 Å². The molecule has 2 aromatic rings. The Bertz CT molecular complexity index is 604. The van der Waals surface area contributed by atoms with E-state index in [0.29, 0.717) is 12.2 Å². The zero-order valence-electron chi connectivity index (χ0n) is 10.6. The SMILES string of the molecule is CC(NCc1cccnc1C#N)c1ccccc1Cl. The Morgan fingerprint density at radius 3 is 2.84 bits per heavy atom. The molecule has 1 unspecified atom stereocenters. The molecule has 3 nitrogen and oxygen atoms in total. The van der Waals surface area contributed by atoms with Gasteiger partial charge in [0.15, 0.2) is 0 Å². The van der Waals surface area contributed by atoms with Crippen molar-refractivity contribution in [1.82, 2.24) is 10.3 Å². The molecule has 1 atom stereocenters. The summed E-state index contributed by atoms with van der Waals surface area (Å²) in [5, 5.41) is 13.1. The number of hydrogen-bond donors (Lipinski definition) is 1. The first kappa shape index (κ1) is 13.5. The minimum Gasteiger partial charge on any atom is -0.306 e. The third-order valence-electron chi connectivity index (χ3n) is 2.97. The van der Waals surface area contributed by atoms with E-state index < -0.39 is 0 Å². The second-order valence-corrected chi connectivity index (χ2v) is 4.65. The molecule has 0 aliphatic heterocycles. The van der Waals surface area contributed by atoms with Crippen LogP contribution in [0.15, 0.2) is 42.6 Å². The highest BCUT2D eigenvalue weighted by Gasteiger charge is 2.09. The third kappa shape index (κ3) is 3.31. The van der Waals surface area contributed by atoms with Crippen LogP contribution in [0.1, 0.15) is 29.8 Å². The van der Waals surface area contributed by atoms with E-state index in [9.17, 15) is 0 Å². The van der Waals surface area contributed by atoms with Crippen LogP contribution < -0.4 is 5.32 Å². The van der Waals surface area contributed by atoms with Crippen molar-refractivity contribution in [3.05, 3.63) is 64.4 Å². The van der Waals surface area contributed by atoms with Gasteiger partial charge in [0.05, 0.1) is 0 Å². The Balaban J connectivity index is 2.07. The van der Waals surface area contributed by atoms with Gasteiger partial charge in [0, 0.05) is 29.4 Å². The molecular formula is C15H14ClN3. The lowest BCUT2D eigenvalue weighted by atomic mass is 10.1. The van der Waals surface area contributed by atoms with Crippen LogP contribution in [0.2, 0.25) is 5.02 Å². The number of nitrogens with one attached hydrogen (secondary N) is 1. The van der Waals surface area contributed by atoms with E-state index in [1.807, 2.05) is 43.3 Å². The molecule has 0 fully saturated rings. The molecule has 19 heavy (non-hydrogen) atoms. The summed E-state index contributed by atoms with van der Waals surface area (Å²) in [4.78, 5) is 4.04. The smallest absolute Gasteiger partial charge is 0.144 e. The first-order chi connectivity index (χ1) is 9.22. The Kier molecular flexibility index (Phi) is 4.51. The summed E-state index contributed by atoms with van der Waals surface area (Å²) in [5.74, 6) is 0. The first-order valence-corrected chi connectivity index (χ1v) is 6.42. The molecule has 0 aliphatic carbocycles. The average molecular weight is 272 g/mol. The van der Waals surface area contributed by atoms with Crippen LogP contribution in [-0.4, -0.2) is 4.98 Å². The maximum Gasteiger partial charge on any atom is 0.144 e. The quantitative estimate of drug-likeness (QED) is 0.926. The van der Waals surface area contributed by atoms with Crippen molar-refractivity contribution < 1.29 is 0 Å². The molecule has 0 saturated carbocycles. The van der Waals surface area contributed by atoms with E-state index in [1.54, 1.807) is 6.20 Å². The Morgan fingerprint density at radius 1 is 1.32 bits per heavy atom. The van der Waals surface area contributed by atoms with E-state index >= 15 is 0 Å². The molecular weight excluding hydrogens is 258 g/mol. The molecule has 0 spiro atoms. The Labute approximate surface area is 117 Å². The van der Waals surface area contributed by atoms with Crippen LogP contribution in [0.3, 0.4) is 0 Å². The normalized spacial score (nSPS) is 11.8. The summed E-state index contributed by atoms with van der Waals surface area (Å²) < 4.78 is 0. The monoisotopic (exact) mass is 271 g/mol. The van der Waals surface area contributed by atoms with Crippen molar-refractivity contribution in [2.75, 3.05) is 0 Å². The van der Waals surface area contributed by atoms with Crippen molar-refractivity contribution in [2.24, 2.45) is 0 Å². The number of aromatic nitrogens is 1. The summed E-state index contributed by atoms with van der Waals surface area (Å²) in [5.41, 5.74) is 2.40. The average Bonchev–Trinajstić information content (AvgIpc) is 2.45. The van der Waals surface area contributed by atoms with Gasteiger partial charge in [-0.1, -0.05) is 35.9 Å². The minimum atomic E-state index is 0.112. The fourth-order valence-electron chi connectivity index (χ4n) is 1.88. The molecule has 1 aromatic carbocycles. The maximum atomic E-state index is 8.98. The molecule has 0 amide bonds. The number of benzene rings is 1. The number of halogens is 1. The van der Waals surface area contributed by atoms with Gasteiger partial charge in [0.2, 0.25) is 0 Å². The van der Waals surface area contributed by atoms with Gasteiger partial charge >= 0.3 is 0 Å². The minimum absolute atomic E-state index is 0.112. The lowest BCUT2D eigenvalue weighted by molar-refractivity contribution is 0.573. The Hall–Kier alpha value is -1.89. The molecule has 2 rings (SSSR count). The highest BCUT2D eigenvalue weighted by Crippen LogP contribution is 2.22. The lowest BCUT2D eigenvalue weighted by Gasteiger charge is -2.15. The molecule has 96 valence electrons. The highest BCUT2D eigenvalue weighted by molar-refractivity contribution is 6.31. The van der Waals surface area contributed by atoms with Crippen LogP contribution in [0.25, 0.3) is 0 Å². The number of pyridine rings is 1. The van der Waals surface area contributed by atoms with Crippen molar-refractivity contribution >= 4 is 11.6 Å². The van der Waals surface area contributed by atoms with Gasteiger partial charge in [-0.25, -0.2) is 4.98 Å². The van der Waals surface area contributed by atoms with Crippen molar-refractivity contribution in [3.63, 3.8) is 0 Å². The summed E-state index contributed by atoms with van der Waals surface area (Å²) in [6.45, 7) is 2.63. The van der Waals surface area contributed by atoms with Gasteiger partial charge in [0.25, 0.3) is 0 Å². The second kappa shape index (κ2) is 6.33. The lowest BCUT2D eigenvalue weighted by Crippen LogP contribution is -2.19. The second-order valence-electron chi connectivity index (χ2n) is 4.25. The summed E-state index contributed by atoms with van der Waals surface area (Å²) >= 11 is 6.15. The van der Waals surface area contributed by atoms with Crippen LogP contribution in [0.5, 0.6) is 0 Å². The highest BCUT2D eigenvalue weighted by atomic mass is 35.5. The van der Waals surface area contributed by atoms with Gasteiger partial charge < -0.3 is 5.32 Å². The fraction of sp³-hybridized carbons (Fsp3) is 0.200. The van der Waals surface area contributed by atoms with Crippen LogP contribution in [-0.2, 0) is 6.54 Å². The summed E-state index contributed by atoms with van der Waals surface area (Å²) in [6, 6.07) is 13.7. The third-order valence-corrected chi connectivity index (χ3v) is 3.31. The molecule has 4 heteroatoms. The number of nitrogens with zero attached hydrogens (tertiary/aromatic N) is 2. The Morgan fingerprint density at radius 2 is 2.11 bits per heavy atom. The zero-order valence-corrected chi connectivity index (χ0v) is 11.4.